The van der Waals surface area contributed by atoms with Crippen molar-refractivity contribution in [3.63, 3.8) is 0 Å². The van der Waals surface area contributed by atoms with Crippen LogP contribution in [-0.2, 0) is 14.3 Å². The number of aliphatic hydroxyl groups excluding tert-OH is 5. The molecule has 0 saturated carbocycles. The highest BCUT2D eigenvalue weighted by Gasteiger charge is 2.44. The highest BCUT2D eigenvalue weighted by molar-refractivity contribution is 5.76. The van der Waals surface area contributed by atoms with Gasteiger partial charge in [-0.25, -0.2) is 0 Å². The lowest BCUT2D eigenvalue weighted by atomic mass is 9.99. The summed E-state index contributed by atoms with van der Waals surface area (Å²) in [4.78, 5) is 13.2. The van der Waals surface area contributed by atoms with E-state index in [1.165, 1.54) is 334 Å². The van der Waals surface area contributed by atoms with Crippen LogP contribution >= 0.6 is 0 Å². The fourth-order valence-corrected chi connectivity index (χ4v) is 12.8. The van der Waals surface area contributed by atoms with Crippen molar-refractivity contribution in [1.29, 1.82) is 0 Å². The number of hydrogen-bond acceptors (Lipinski definition) is 8. The van der Waals surface area contributed by atoms with Crippen LogP contribution < -0.4 is 5.32 Å². The number of nitrogens with one attached hydrogen (secondary N) is 1. The van der Waals surface area contributed by atoms with E-state index in [4.69, 9.17) is 9.47 Å². The number of allylic oxidation sites excluding steroid dienone is 4. The Kier molecular flexibility index (Phi) is 64.0. The van der Waals surface area contributed by atoms with Crippen molar-refractivity contribution >= 4 is 5.91 Å². The first-order chi connectivity index (χ1) is 42.3. The molecule has 1 heterocycles. The summed E-state index contributed by atoms with van der Waals surface area (Å²) in [6.45, 7) is 3.89. The second-order valence-electron chi connectivity index (χ2n) is 27.2. The molecule has 0 aromatic heterocycles. The highest BCUT2D eigenvalue weighted by atomic mass is 16.7. The molecule has 0 spiro atoms. The van der Waals surface area contributed by atoms with E-state index in [1.54, 1.807) is 0 Å². The monoisotopic (exact) mass is 1220 g/mol. The van der Waals surface area contributed by atoms with Gasteiger partial charge in [0.1, 0.15) is 24.4 Å². The Morgan fingerprint density at radius 3 is 1.00 bits per heavy atom. The summed E-state index contributed by atoms with van der Waals surface area (Å²) in [6, 6.07) is -0.717. The number of carbonyl (C=O) groups excluding carboxylic acids is 1. The van der Waals surface area contributed by atoms with Crippen LogP contribution in [0.3, 0.4) is 0 Å². The Morgan fingerprint density at radius 2 is 0.686 bits per heavy atom. The van der Waals surface area contributed by atoms with E-state index < -0.39 is 49.5 Å². The topological polar surface area (TPSA) is 149 Å². The van der Waals surface area contributed by atoms with E-state index in [2.05, 4.69) is 43.5 Å². The molecule has 86 heavy (non-hydrogen) atoms. The summed E-state index contributed by atoms with van der Waals surface area (Å²) in [5.41, 5.74) is 0. The van der Waals surface area contributed by atoms with Crippen LogP contribution in [0.2, 0.25) is 0 Å². The van der Waals surface area contributed by atoms with Crippen molar-refractivity contribution in [2.75, 3.05) is 13.2 Å². The third kappa shape index (κ3) is 54.4. The zero-order valence-corrected chi connectivity index (χ0v) is 57.4. The SMILES string of the molecule is CCCCCCC/C=C\C/C=C\CCCCCCCCCCCCCCCCCCCCCCCCCCCCCCCC(=O)NC(COC1OC(CO)C(O)C(O)C1O)C(O)CCCCCCCCCCCCCCCCCCCCCCCC. The summed E-state index contributed by atoms with van der Waals surface area (Å²) in [5.74, 6) is -0.134. The molecule has 1 fully saturated rings. The molecule has 1 aliphatic heterocycles. The molecule has 0 aliphatic carbocycles. The van der Waals surface area contributed by atoms with Crippen molar-refractivity contribution in [1.82, 2.24) is 5.32 Å². The van der Waals surface area contributed by atoms with E-state index in [1.807, 2.05) is 0 Å². The largest absolute Gasteiger partial charge is 0.394 e. The molecular weight excluding hydrogens is 1070 g/mol. The maximum atomic E-state index is 13.2. The minimum Gasteiger partial charge on any atom is -0.394 e. The number of ether oxygens (including phenoxy) is 2. The quantitative estimate of drug-likeness (QED) is 0.0261. The maximum absolute atomic E-state index is 13.2. The average molecular weight is 1220 g/mol. The van der Waals surface area contributed by atoms with Gasteiger partial charge in [-0.3, -0.25) is 4.79 Å². The summed E-state index contributed by atoms with van der Waals surface area (Å²) < 4.78 is 11.4. The summed E-state index contributed by atoms with van der Waals surface area (Å²) in [5, 5.41) is 55.0. The molecular formula is C77H149NO8. The van der Waals surface area contributed by atoms with Crippen molar-refractivity contribution < 1.29 is 39.8 Å². The molecule has 0 aromatic carbocycles. The second kappa shape index (κ2) is 66.6. The van der Waals surface area contributed by atoms with Crippen LogP contribution in [0.1, 0.15) is 406 Å². The van der Waals surface area contributed by atoms with Gasteiger partial charge in [-0.15, -0.1) is 0 Å². The molecule has 6 N–H and O–H groups in total. The molecule has 1 saturated heterocycles. The minimum atomic E-state index is -1.55. The third-order valence-corrected chi connectivity index (χ3v) is 18.8. The van der Waals surface area contributed by atoms with Crippen molar-refractivity contribution in [3.05, 3.63) is 24.3 Å². The predicted octanol–water partition coefficient (Wildman–Crippen LogP) is 21.6. The molecule has 1 rings (SSSR count). The minimum absolute atomic E-state index is 0.132. The van der Waals surface area contributed by atoms with Crippen LogP contribution in [0, 0.1) is 0 Å². The summed E-state index contributed by atoms with van der Waals surface area (Å²) in [6.07, 6.45) is 81.4. The zero-order chi connectivity index (χ0) is 62.1. The first-order valence-corrected chi connectivity index (χ1v) is 38.5. The number of amides is 1. The van der Waals surface area contributed by atoms with Crippen LogP contribution in [0.4, 0.5) is 0 Å². The number of rotatable bonds is 69. The fraction of sp³-hybridized carbons (Fsp3) is 0.935. The smallest absolute Gasteiger partial charge is 0.220 e. The summed E-state index contributed by atoms with van der Waals surface area (Å²) >= 11 is 0. The predicted molar refractivity (Wildman–Crippen MR) is 369 cm³/mol. The number of hydrogen-bond donors (Lipinski definition) is 6. The molecule has 0 bridgehead atoms. The number of unbranched alkanes of at least 4 members (excludes halogenated alkanes) is 55. The van der Waals surface area contributed by atoms with E-state index in [-0.39, 0.29) is 12.5 Å². The molecule has 7 atom stereocenters. The lowest BCUT2D eigenvalue weighted by molar-refractivity contribution is -0.302. The summed E-state index contributed by atoms with van der Waals surface area (Å²) in [7, 11) is 0. The van der Waals surface area contributed by atoms with Gasteiger partial charge in [0.05, 0.1) is 25.4 Å². The molecule has 7 unspecified atom stereocenters. The van der Waals surface area contributed by atoms with Crippen LogP contribution in [0.5, 0.6) is 0 Å². The molecule has 1 amide bonds. The first kappa shape index (κ1) is 82.7. The Balaban J connectivity index is 2.01. The van der Waals surface area contributed by atoms with Gasteiger partial charge < -0.3 is 40.3 Å². The van der Waals surface area contributed by atoms with Crippen molar-refractivity contribution in [2.45, 2.75) is 448 Å². The fourth-order valence-electron chi connectivity index (χ4n) is 12.8. The Labute approximate surface area is 534 Å². The lowest BCUT2D eigenvalue weighted by Crippen LogP contribution is -2.60. The lowest BCUT2D eigenvalue weighted by Gasteiger charge is -2.40. The van der Waals surface area contributed by atoms with E-state index in [9.17, 15) is 30.3 Å². The van der Waals surface area contributed by atoms with Gasteiger partial charge in [0.25, 0.3) is 0 Å². The molecule has 9 heteroatoms. The van der Waals surface area contributed by atoms with Crippen LogP contribution in [0.25, 0.3) is 0 Å². The molecule has 510 valence electrons. The van der Waals surface area contributed by atoms with Gasteiger partial charge >= 0.3 is 0 Å². The Hall–Kier alpha value is -1.33. The van der Waals surface area contributed by atoms with Gasteiger partial charge in [0, 0.05) is 6.42 Å². The Morgan fingerprint density at radius 1 is 0.395 bits per heavy atom. The molecule has 0 aromatic rings. The molecule has 9 nitrogen and oxygen atoms in total. The Bertz CT molecular complexity index is 1410. The molecule has 1 aliphatic rings. The van der Waals surface area contributed by atoms with Gasteiger partial charge in [-0.1, -0.05) is 378 Å². The van der Waals surface area contributed by atoms with Gasteiger partial charge in [-0.05, 0) is 44.9 Å². The normalized spacial score (nSPS) is 18.1. The average Bonchev–Trinajstić information content (AvgIpc) is 2.36. The van der Waals surface area contributed by atoms with E-state index in [0.717, 1.165) is 44.9 Å². The van der Waals surface area contributed by atoms with Crippen molar-refractivity contribution in [3.8, 4) is 0 Å². The second-order valence-corrected chi connectivity index (χ2v) is 27.2. The number of carbonyl (C=O) groups is 1. The maximum Gasteiger partial charge on any atom is 0.220 e. The van der Waals surface area contributed by atoms with Crippen LogP contribution in [0.15, 0.2) is 24.3 Å². The first-order valence-electron chi connectivity index (χ1n) is 38.5. The highest BCUT2D eigenvalue weighted by Crippen LogP contribution is 2.24. The van der Waals surface area contributed by atoms with Gasteiger partial charge in [0.15, 0.2) is 6.29 Å². The van der Waals surface area contributed by atoms with Crippen LogP contribution in [-0.4, -0.2) is 87.5 Å². The van der Waals surface area contributed by atoms with Gasteiger partial charge in [0.2, 0.25) is 5.91 Å². The number of aliphatic hydroxyl groups is 5. The zero-order valence-electron chi connectivity index (χ0n) is 57.4. The van der Waals surface area contributed by atoms with Crippen molar-refractivity contribution in [2.24, 2.45) is 0 Å². The third-order valence-electron chi connectivity index (χ3n) is 18.8. The molecule has 0 radical (unpaired) electrons. The standard InChI is InChI=1S/C77H149NO8/c1-3-5-7-9-11-13-15-17-19-21-23-25-27-28-29-30-31-32-33-34-35-36-37-38-39-40-41-42-43-44-45-47-49-51-53-55-57-59-61-63-65-67-73(81)78-70(69-85-77-76(84)75(83)74(82)72(68-79)86-77)71(80)66-64-62-60-58-56-54-52-50-48-46-26-24-22-20-18-16-14-12-10-8-6-4-2/h15,17,21,23,70-72,74-77,79-80,82-84H,3-14,16,18-20,22,24-69H2,1-2H3,(H,78,81)/b17-15-,23-21-. The van der Waals surface area contributed by atoms with E-state index in [0.29, 0.717) is 12.8 Å². The van der Waals surface area contributed by atoms with Gasteiger partial charge in [-0.2, -0.15) is 0 Å². The van der Waals surface area contributed by atoms with E-state index >= 15 is 0 Å².